The van der Waals surface area contributed by atoms with Crippen molar-refractivity contribution in [2.75, 3.05) is 0 Å². The van der Waals surface area contributed by atoms with Crippen molar-refractivity contribution in [1.82, 2.24) is 0 Å². The molecule has 0 saturated heterocycles. The zero-order valence-corrected chi connectivity index (χ0v) is 8.74. The Morgan fingerprint density at radius 2 is 1.73 bits per heavy atom. The van der Waals surface area contributed by atoms with Crippen LogP contribution in [-0.4, -0.2) is 11.1 Å². The van der Waals surface area contributed by atoms with Crippen LogP contribution in [0, 0.1) is 13.8 Å². The van der Waals surface area contributed by atoms with Crippen molar-refractivity contribution in [2.24, 2.45) is 0 Å². The van der Waals surface area contributed by atoms with Crippen molar-refractivity contribution >= 4 is 16.7 Å². The second kappa shape index (κ2) is 3.39. The highest BCUT2D eigenvalue weighted by Crippen LogP contribution is 2.24. The molecular formula is C13H12O2. The first kappa shape index (κ1) is 9.71. The molecule has 0 spiro atoms. The first-order valence-electron chi connectivity index (χ1n) is 4.83. The number of carboxylic acids is 1. The van der Waals surface area contributed by atoms with Crippen LogP contribution in [0.2, 0.25) is 0 Å². The molecule has 0 bridgehead atoms. The van der Waals surface area contributed by atoms with Crippen LogP contribution >= 0.6 is 0 Å². The number of carbonyl (C=O) groups is 1. The fourth-order valence-electron chi connectivity index (χ4n) is 1.91. The molecule has 2 aromatic carbocycles. The molecule has 0 atom stereocenters. The van der Waals surface area contributed by atoms with E-state index in [0.717, 1.165) is 21.9 Å². The van der Waals surface area contributed by atoms with Gasteiger partial charge in [-0.3, -0.25) is 0 Å². The number of fused-ring (bicyclic) bond motifs is 1. The third-order valence-electron chi connectivity index (χ3n) is 2.70. The summed E-state index contributed by atoms with van der Waals surface area (Å²) in [5, 5.41) is 11.0. The van der Waals surface area contributed by atoms with E-state index in [2.05, 4.69) is 0 Å². The minimum Gasteiger partial charge on any atom is -0.478 e. The molecule has 76 valence electrons. The van der Waals surface area contributed by atoms with Crippen LogP contribution in [0.4, 0.5) is 0 Å². The lowest BCUT2D eigenvalue weighted by Gasteiger charge is -2.07. The molecule has 0 aliphatic heterocycles. The van der Waals surface area contributed by atoms with Gasteiger partial charge >= 0.3 is 5.97 Å². The minimum atomic E-state index is -0.858. The molecule has 2 rings (SSSR count). The van der Waals surface area contributed by atoms with E-state index >= 15 is 0 Å². The fraction of sp³-hybridized carbons (Fsp3) is 0.154. The second-order valence-corrected chi connectivity index (χ2v) is 3.73. The SMILES string of the molecule is Cc1ccc2c(C)cccc2c1C(=O)O. The number of aryl methyl sites for hydroxylation is 2. The Labute approximate surface area is 88.2 Å². The monoisotopic (exact) mass is 200 g/mol. The molecule has 2 aromatic rings. The first-order chi connectivity index (χ1) is 7.11. The topological polar surface area (TPSA) is 37.3 Å². The average molecular weight is 200 g/mol. The van der Waals surface area contributed by atoms with Crippen LogP contribution in [0.5, 0.6) is 0 Å². The molecule has 0 saturated carbocycles. The normalized spacial score (nSPS) is 10.5. The van der Waals surface area contributed by atoms with Crippen molar-refractivity contribution in [3.8, 4) is 0 Å². The molecule has 0 aliphatic rings. The van der Waals surface area contributed by atoms with Crippen molar-refractivity contribution in [3.05, 3.63) is 47.0 Å². The van der Waals surface area contributed by atoms with E-state index in [0.29, 0.717) is 5.56 Å². The minimum absolute atomic E-state index is 0.413. The highest BCUT2D eigenvalue weighted by molar-refractivity contribution is 6.05. The second-order valence-electron chi connectivity index (χ2n) is 3.73. The number of aromatic carboxylic acids is 1. The van der Waals surface area contributed by atoms with Gasteiger partial charge < -0.3 is 5.11 Å². The summed E-state index contributed by atoms with van der Waals surface area (Å²) in [5.41, 5.74) is 2.33. The summed E-state index contributed by atoms with van der Waals surface area (Å²) < 4.78 is 0. The summed E-state index contributed by atoms with van der Waals surface area (Å²) in [6, 6.07) is 9.58. The lowest BCUT2D eigenvalue weighted by Crippen LogP contribution is -2.01. The number of carboxylic acid groups (broad SMARTS) is 1. The number of benzene rings is 2. The first-order valence-corrected chi connectivity index (χ1v) is 4.83. The summed E-state index contributed by atoms with van der Waals surface area (Å²) in [4.78, 5) is 11.1. The van der Waals surface area contributed by atoms with Gasteiger partial charge in [-0.25, -0.2) is 4.79 Å². The predicted octanol–water partition coefficient (Wildman–Crippen LogP) is 3.15. The van der Waals surface area contributed by atoms with E-state index in [9.17, 15) is 4.79 Å². The van der Waals surface area contributed by atoms with E-state index < -0.39 is 5.97 Å². The van der Waals surface area contributed by atoms with Crippen LogP contribution in [0.3, 0.4) is 0 Å². The largest absolute Gasteiger partial charge is 0.478 e. The van der Waals surface area contributed by atoms with E-state index in [4.69, 9.17) is 5.11 Å². The van der Waals surface area contributed by atoms with Crippen LogP contribution in [0.15, 0.2) is 30.3 Å². The van der Waals surface area contributed by atoms with E-state index in [1.807, 2.05) is 44.2 Å². The van der Waals surface area contributed by atoms with Crippen LogP contribution in [0.1, 0.15) is 21.5 Å². The average Bonchev–Trinajstić information content (AvgIpc) is 2.17. The van der Waals surface area contributed by atoms with Gasteiger partial charge in [0, 0.05) is 0 Å². The van der Waals surface area contributed by atoms with Gasteiger partial charge in [-0.1, -0.05) is 30.3 Å². The van der Waals surface area contributed by atoms with Crippen molar-refractivity contribution in [2.45, 2.75) is 13.8 Å². The zero-order chi connectivity index (χ0) is 11.0. The highest BCUT2D eigenvalue weighted by Gasteiger charge is 2.11. The van der Waals surface area contributed by atoms with E-state index in [1.165, 1.54) is 0 Å². The van der Waals surface area contributed by atoms with Gasteiger partial charge in [0.15, 0.2) is 0 Å². The quantitative estimate of drug-likeness (QED) is 0.767. The molecule has 0 heterocycles. The smallest absolute Gasteiger partial charge is 0.336 e. The Morgan fingerprint density at radius 3 is 2.40 bits per heavy atom. The lowest BCUT2D eigenvalue weighted by atomic mass is 9.97. The summed E-state index contributed by atoms with van der Waals surface area (Å²) in [6.45, 7) is 3.81. The maximum Gasteiger partial charge on any atom is 0.336 e. The maximum atomic E-state index is 11.1. The zero-order valence-electron chi connectivity index (χ0n) is 8.74. The summed E-state index contributed by atoms with van der Waals surface area (Å²) in [6.07, 6.45) is 0. The Bertz CT molecular complexity index is 541. The van der Waals surface area contributed by atoms with E-state index in [-0.39, 0.29) is 0 Å². The Kier molecular flexibility index (Phi) is 2.19. The Hall–Kier alpha value is -1.83. The van der Waals surface area contributed by atoms with Gasteiger partial charge in [0.1, 0.15) is 0 Å². The molecule has 0 aliphatic carbocycles. The van der Waals surface area contributed by atoms with Crippen LogP contribution in [-0.2, 0) is 0 Å². The number of hydrogen-bond donors (Lipinski definition) is 1. The molecule has 15 heavy (non-hydrogen) atoms. The third kappa shape index (κ3) is 1.48. The molecule has 0 radical (unpaired) electrons. The summed E-state index contributed by atoms with van der Waals surface area (Å²) in [7, 11) is 0. The maximum absolute atomic E-state index is 11.1. The van der Waals surface area contributed by atoms with Crippen LogP contribution < -0.4 is 0 Å². The number of rotatable bonds is 1. The predicted molar refractivity (Wildman–Crippen MR) is 60.4 cm³/mol. The van der Waals surface area contributed by atoms with Crippen molar-refractivity contribution in [3.63, 3.8) is 0 Å². The van der Waals surface area contributed by atoms with Gasteiger partial charge in [0.25, 0.3) is 0 Å². The van der Waals surface area contributed by atoms with Gasteiger partial charge in [0.05, 0.1) is 5.56 Å². The van der Waals surface area contributed by atoms with E-state index in [1.54, 1.807) is 0 Å². The highest BCUT2D eigenvalue weighted by atomic mass is 16.4. The van der Waals surface area contributed by atoms with Crippen molar-refractivity contribution < 1.29 is 9.90 Å². The fourth-order valence-corrected chi connectivity index (χ4v) is 1.91. The molecule has 1 N–H and O–H groups in total. The third-order valence-corrected chi connectivity index (χ3v) is 2.70. The van der Waals surface area contributed by atoms with Crippen molar-refractivity contribution in [1.29, 1.82) is 0 Å². The summed E-state index contributed by atoms with van der Waals surface area (Å²) >= 11 is 0. The Morgan fingerprint density at radius 1 is 1.00 bits per heavy atom. The molecule has 2 nitrogen and oxygen atoms in total. The van der Waals surface area contributed by atoms with Gasteiger partial charge in [-0.05, 0) is 35.7 Å². The molecule has 0 aromatic heterocycles. The standard InChI is InChI=1S/C13H12O2/c1-8-4-3-5-11-10(8)7-6-9(2)12(11)13(14)15/h3-7H,1-2H3,(H,14,15). The molecule has 0 unspecified atom stereocenters. The van der Waals surface area contributed by atoms with Crippen LogP contribution in [0.25, 0.3) is 10.8 Å². The van der Waals surface area contributed by atoms with Gasteiger partial charge in [0.2, 0.25) is 0 Å². The molecule has 2 heteroatoms. The van der Waals surface area contributed by atoms with Gasteiger partial charge in [-0.15, -0.1) is 0 Å². The Balaban J connectivity index is 2.94. The molecule has 0 amide bonds. The van der Waals surface area contributed by atoms with Gasteiger partial charge in [-0.2, -0.15) is 0 Å². The number of hydrogen-bond acceptors (Lipinski definition) is 1. The lowest BCUT2D eigenvalue weighted by molar-refractivity contribution is 0.0698. The molecular weight excluding hydrogens is 188 g/mol. The molecule has 0 fully saturated rings. The summed E-state index contributed by atoms with van der Waals surface area (Å²) in [5.74, 6) is -0.858.